The summed E-state index contributed by atoms with van der Waals surface area (Å²) in [6.07, 6.45) is 4.39. The molecule has 9 heavy (non-hydrogen) atoms. The first-order chi connectivity index (χ1) is 4.34. The molecule has 0 radical (unpaired) electrons. The largest absolute Gasteiger partial charge is 0.392 e. The van der Waals surface area contributed by atoms with Crippen molar-refractivity contribution in [2.75, 3.05) is 0 Å². The Kier molecular flexibility index (Phi) is 2.22. The van der Waals surface area contributed by atoms with Crippen molar-refractivity contribution in [2.45, 2.75) is 31.8 Å². The quantitative estimate of drug-likeness (QED) is 0.529. The Hall–Kier alpha value is -0.370. The van der Waals surface area contributed by atoms with Crippen LogP contribution in [0.5, 0.6) is 0 Å². The summed E-state index contributed by atoms with van der Waals surface area (Å²) < 4.78 is 0. The molecule has 0 unspecified atom stereocenters. The molecule has 0 bridgehead atoms. The average molecular weight is 128 g/mol. The van der Waals surface area contributed by atoms with Gasteiger partial charge in [-0.3, -0.25) is 0 Å². The number of aldehydes is 1. The van der Waals surface area contributed by atoms with E-state index in [1.807, 2.05) is 0 Å². The highest BCUT2D eigenvalue weighted by Crippen LogP contribution is 2.21. The van der Waals surface area contributed by atoms with E-state index in [2.05, 4.69) is 0 Å². The van der Waals surface area contributed by atoms with Gasteiger partial charge in [0, 0.05) is 5.92 Å². The van der Waals surface area contributed by atoms with Crippen LogP contribution in [0.3, 0.4) is 0 Å². The molecule has 0 spiro atoms. The zero-order valence-corrected chi connectivity index (χ0v) is 5.42. The van der Waals surface area contributed by atoms with E-state index >= 15 is 0 Å². The zero-order valence-electron chi connectivity index (χ0n) is 5.42. The minimum atomic E-state index is -0.351. The lowest BCUT2D eigenvalue weighted by molar-refractivity contribution is -0.115. The topological polar surface area (TPSA) is 37.3 Å². The maximum absolute atomic E-state index is 10.2. The summed E-state index contributed by atoms with van der Waals surface area (Å²) >= 11 is 0. The molecule has 1 fully saturated rings. The molecule has 0 aromatic rings. The van der Waals surface area contributed by atoms with Crippen molar-refractivity contribution in [3.63, 3.8) is 0 Å². The predicted octanol–water partition coefficient (Wildman–Crippen LogP) is 0.736. The smallest absolute Gasteiger partial charge is 0.125 e. The van der Waals surface area contributed by atoms with Gasteiger partial charge in [0.25, 0.3) is 0 Å². The van der Waals surface area contributed by atoms with E-state index in [4.69, 9.17) is 5.11 Å². The summed E-state index contributed by atoms with van der Waals surface area (Å²) in [5, 5.41) is 9.14. The fourth-order valence-corrected chi connectivity index (χ4v) is 1.30. The van der Waals surface area contributed by atoms with Gasteiger partial charge < -0.3 is 9.90 Å². The third-order valence-corrected chi connectivity index (χ3v) is 1.96. The van der Waals surface area contributed by atoms with Crippen molar-refractivity contribution in [1.29, 1.82) is 0 Å². The van der Waals surface area contributed by atoms with Crippen molar-refractivity contribution in [2.24, 2.45) is 5.92 Å². The molecule has 52 valence electrons. The number of carbonyl (C=O) groups is 1. The first kappa shape index (κ1) is 6.75. The maximum atomic E-state index is 10.2. The van der Waals surface area contributed by atoms with Gasteiger partial charge in [-0.1, -0.05) is 12.8 Å². The molecule has 0 amide bonds. The van der Waals surface area contributed by atoms with E-state index in [1.165, 1.54) is 0 Å². The molecule has 1 N–H and O–H groups in total. The summed E-state index contributed by atoms with van der Waals surface area (Å²) in [6.45, 7) is 0. The van der Waals surface area contributed by atoms with Gasteiger partial charge in [0.1, 0.15) is 6.29 Å². The minimum absolute atomic E-state index is 0.0706. The molecule has 2 atom stereocenters. The van der Waals surface area contributed by atoms with Crippen molar-refractivity contribution in [3.8, 4) is 0 Å². The maximum Gasteiger partial charge on any atom is 0.125 e. The number of aliphatic hydroxyl groups excluding tert-OH is 1. The van der Waals surface area contributed by atoms with E-state index in [1.54, 1.807) is 0 Å². The number of rotatable bonds is 1. The van der Waals surface area contributed by atoms with Gasteiger partial charge >= 0.3 is 0 Å². The van der Waals surface area contributed by atoms with Crippen LogP contribution in [0, 0.1) is 5.92 Å². The van der Waals surface area contributed by atoms with E-state index in [9.17, 15) is 4.79 Å². The highest BCUT2D eigenvalue weighted by atomic mass is 16.3. The molecule has 1 aliphatic carbocycles. The molecule has 1 saturated carbocycles. The second-order valence-corrected chi connectivity index (χ2v) is 2.65. The van der Waals surface area contributed by atoms with Crippen LogP contribution in [0.4, 0.5) is 0 Å². The summed E-state index contributed by atoms with van der Waals surface area (Å²) in [4.78, 5) is 10.2. The Labute approximate surface area is 54.9 Å². The SMILES string of the molecule is O=C[C@H]1CCCC[C@H]1O. The van der Waals surface area contributed by atoms with Crippen LogP contribution < -0.4 is 0 Å². The lowest BCUT2D eigenvalue weighted by Crippen LogP contribution is -2.25. The monoisotopic (exact) mass is 128 g/mol. The molecule has 0 saturated heterocycles. The molecular formula is C7H12O2. The zero-order chi connectivity index (χ0) is 6.69. The molecule has 2 heteroatoms. The summed E-state index contributed by atoms with van der Waals surface area (Å²) in [5.74, 6) is -0.0706. The molecule has 1 rings (SSSR count). The van der Waals surface area contributed by atoms with Gasteiger partial charge in [-0.25, -0.2) is 0 Å². The average Bonchev–Trinajstić information content (AvgIpc) is 1.89. The summed E-state index contributed by atoms with van der Waals surface area (Å²) in [5.41, 5.74) is 0. The third kappa shape index (κ3) is 1.52. The first-order valence-corrected chi connectivity index (χ1v) is 3.48. The molecule has 0 aromatic carbocycles. The van der Waals surface area contributed by atoms with Crippen LogP contribution in [0.25, 0.3) is 0 Å². The Morgan fingerprint density at radius 3 is 2.44 bits per heavy atom. The summed E-state index contributed by atoms with van der Waals surface area (Å²) in [7, 11) is 0. The Balaban J connectivity index is 2.38. The second-order valence-electron chi connectivity index (χ2n) is 2.65. The fourth-order valence-electron chi connectivity index (χ4n) is 1.30. The Morgan fingerprint density at radius 2 is 2.00 bits per heavy atom. The molecular weight excluding hydrogens is 116 g/mol. The third-order valence-electron chi connectivity index (χ3n) is 1.96. The van der Waals surface area contributed by atoms with Gasteiger partial charge in [0.15, 0.2) is 0 Å². The van der Waals surface area contributed by atoms with Gasteiger partial charge in [-0.05, 0) is 12.8 Å². The van der Waals surface area contributed by atoms with E-state index in [0.717, 1.165) is 32.0 Å². The standard InChI is InChI=1S/C7H12O2/c8-5-6-3-1-2-4-7(6)9/h5-7,9H,1-4H2/t6-,7-/m1/s1. The molecule has 0 aliphatic heterocycles. The van der Waals surface area contributed by atoms with Crippen molar-refractivity contribution in [1.82, 2.24) is 0 Å². The minimum Gasteiger partial charge on any atom is -0.392 e. The Bertz CT molecular complexity index is 101. The van der Waals surface area contributed by atoms with Crippen LogP contribution in [0.2, 0.25) is 0 Å². The van der Waals surface area contributed by atoms with Crippen LogP contribution in [-0.4, -0.2) is 17.5 Å². The van der Waals surface area contributed by atoms with Gasteiger partial charge in [0.2, 0.25) is 0 Å². The molecule has 2 nitrogen and oxygen atoms in total. The van der Waals surface area contributed by atoms with Crippen molar-refractivity contribution >= 4 is 6.29 Å². The molecule has 0 aromatic heterocycles. The number of aliphatic hydroxyl groups is 1. The van der Waals surface area contributed by atoms with E-state index in [0.29, 0.717) is 0 Å². The van der Waals surface area contributed by atoms with Crippen LogP contribution in [0.1, 0.15) is 25.7 Å². The normalized spacial score (nSPS) is 36.1. The Morgan fingerprint density at radius 1 is 1.33 bits per heavy atom. The number of hydrogen-bond acceptors (Lipinski definition) is 2. The van der Waals surface area contributed by atoms with Crippen molar-refractivity contribution < 1.29 is 9.90 Å². The van der Waals surface area contributed by atoms with E-state index < -0.39 is 0 Å². The lowest BCUT2D eigenvalue weighted by Gasteiger charge is -2.22. The van der Waals surface area contributed by atoms with Gasteiger partial charge in [0.05, 0.1) is 6.10 Å². The van der Waals surface area contributed by atoms with Crippen LogP contribution >= 0.6 is 0 Å². The highest BCUT2D eigenvalue weighted by Gasteiger charge is 2.21. The first-order valence-electron chi connectivity index (χ1n) is 3.48. The second kappa shape index (κ2) is 2.97. The predicted molar refractivity (Wildman–Crippen MR) is 34.0 cm³/mol. The number of carbonyl (C=O) groups excluding carboxylic acids is 1. The molecule has 0 heterocycles. The highest BCUT2D eigenvalue weighted by molar-refractivity contribution is 5.54. The van der Waals surface area contributed by atoms with Crippen LogP contribution in [-0.2, 0) is 4.79 Å². The fraction of sp³-hybridized carbons (Fsp3) is 0.857. The van der Waals surface area contributed by atoms with Gasteiger partial charge in [-0.15, -0.1) is 0 Å². The molecule has 1 aliphatic rings. The summed E-state index contributed by atoms with van der Waals surface area (Å²) in [6, 6.07) is 0. The van der Waals surface area contributed by atoms with Crippen LogP contribution in [0.15, 0.2) is 0 Å². The van der Waals surface area contributed by atoms with E-state index in [-0.39, 0.29) is 12.0 Å². The van der Waals surface area contributed by atoms with Crippen molar-refractivity contribution in [3.05, 3.63) is 0 Å². The van der Waals surface area contributed by atoms with Gasteiger partial charge in [-0.2, -0.15) is 0 Å². The number of hydrogen-bond donors (Lipinski definition) is 1. The lowest BCUT2D eigenvalue weighted by atomic mass is 9.88.